The molecule has 9 heteroatoms. The monoisotopic (exact) mass is 240 g/mol. The van der Waals surface area contributed by atoms with Crippen molar-refractivity contribution in [2.24, 2.45) is 5.73 Å². The number of alkyl halides is 3. The molecule has 1 amide bonds. The Labute approximate surface area is 86.5 Å². The molecule has 1 aromatic heterocycles. The van der Waals surface area contributed by atoms with E-state index in [0.717, 1.165) is 0 Å². The standard InChI is InChI=1S/C6H7F3N4OS/c7-6(8,9)4-12-13-5(15-4)11-2-1-3(10)14/h1-2H2,(H2,10,14)(H,11,13). The summed E-state index contributed by atoms with van der Waals surface area (Å²) in [5.74, 6) is -0.539. The summed E-state index contributed by atoms with van der Waals surface area (Å²) in [5, 5.41) is 7.72. The number of carbonyl (C=O) groups excluding carboxylic acids is 1. The van der Waals surface area contributed by atoms with Crippen LogP contribution in [-0.2, 0) is 11.0 Å². The molecule has 0 bridgehead atoms. The van der Waals surface area contributed by atoms with Gasteiger partial charge in [0.1, 0.15) is 0 Å². The van der Waals surface area contributed by atoms with E-state index in [1.165, 1.54) is 0 Å². The number of aromatic nitrogens is 2. The Morgan fingerprint density at radius 3 is 2.60 bits per heavy atom. The average Bonchev–Trinajstić information content (AvgIpc) is 2.51. The van der Waals surface area contributed by atoms with Gasteiger partial charge in [0.15, 0.2) is 0 Å². The van der Waals surface area contributed by atoms with Gasteiger partial charge in [0.25, 0.3) is 0 Å². The number of nitrogens with two attached hydrogens (primary N) is 1. The van der Waals surface area contributed by atoms with Crippen molar-refractivity contribution in [3.8, 4) is 0 Å². The number of carbonyl (C=O) groups is 1. The maximum atomic E-state index is 12.1. The fourth-order valence-corrected chi connectivity index (χ4v) is 1.34. The molecular weight excluding hydrogens is 233 g/mol. The van der Waals surface area contributed by atoms with Crippen LogP contribution in [0, 0.1) is 0 Å². The number of primary amides is 1. The summed E-state index contributed by atoms with van der Waals surface area (Å²) in [5.41, 5.74) is 4.84. The van der Waals surface area contributed by atoms with E-state index >= 15 is 0 Å². The van der Waals surface area contributed by atoms with Crippen LogP contribution in [0.4, 0.5) is 18.3 Å². The summed E-state index contributed by atoms with van der Waals surface area (Å²) in [7, 11) is 0. The number of anilines is 1. The largest absolute Gasteiger partial charge is 0.445 e. The lowest BCUT2D eigenvalue weighted by molar-refractivity contribution is -0.138. The van der Waals surface area contributed by atoms with Gasteiger partial charge in [-0.25, -0.2) is 0 Å². The molecular formula is C6H7F3N4OS. The van der Waals surface area contributed by atoms with Gasteiger partial charge in [-0.15, -0.1) is 10.2 Å². The fraction of sp³-hybridized carbons (Fsp3) is 0.500. The van der Waals surface area contributed by atoms with Crippen LogP contribution in [0.5, 0.6) is 0 Å². The number of halogens is 3. The molecule has 0 spiro atoms. The normalized spacial score (nSPS) is 11.4. The number of nitrogens with zero attached hydrogens (tertiary/aromatic N) is 2. The van der Waals surface area contributed by atoms with Gasteiger partial charge in [-0.1, -0.05) is 11.3 Å². The van der Waals surface area contributed by atoms with E-state index in [1.807, 2.05) is 0 Å². The summed E-state index contributed by atoms with van der Waals surface area (Å²) < 4.78 is 36.2. The first-order valence-corrected chi connectivity index (χ1v) is 4.64. The molecule has 84 valence electrons. The first-order chi connectivity index (χ1) is 6.89. The topological polar surface area (TPSA) is 80.9 Å². The SMILES string of the molecule is NC(=O)CCNc1nnc(C(F)(F)F)s1. The van der Waals surface area contributed by atoms with Crippen LogP contribution in [-0.4, -0.2) is 22.6 Å². The van der Waals surface area contributed by atoms with Crippen LogP contribution in [0.15, 0.2) is 0 Å². The molecule has 0 aliphatic heterocycles. The zero-order valence-electron chi connectivity index (χ0n) is 7.34. The summed E-state index contributed by atoms with van der Waals surface area (Å²) in [6.45, 7) is 0.141. The zero-order valence-corrected chi connectivity index (χ0v) is 8.15. The minimum atomic E-state index is -4.48. The fourth-order valence-electron chi connectivity index (χ4n) is 0.702. The van der Waals surface area contributed by atoms with E-state index in [9.17, 15) is 18.0 Å². The number of nitrogens with one attached hydrogen (secondary N) is 1. The van der Waals surface area contributed by atoms with Crippen molar-refractivity contribution in [2.75, 3.05) is 11.9 Å². The third-order valence-corrected chi connectivity index (χ3v) is 2.24. The number of rotatable bonds is 4. The summed E-state index contributed by atoms with van der Waals surface area (Å²) in [6.07, 6.45) is -4.46. The van der Waals surface area contributed by atoms with Crippen molar-refractivity contribution < 1.29 is 18.0 Å². The van der Waals surface area contributed by atoms with Crippen LogP contribution in [0.2, 0.25) is 0 Å². The molecule has 0 saturated heterocycles. The highest BCUT2D eigenvalue weighted by Gasteiger charge is 2.35. The van der Waals surface area contributed by atoms with Crippen LogP contribution in [0.25, 0.3) is 0 Å². The van der Waals surface area contributed by atoms with E-state index in [1.54, 1.807) is 0 Å². The first-order valence-electron chi connectivity index (χ1n) is 3.82. The quantitative estimate of drug-likeness (QED) is 0.817. The smallest absolute Gasteiger partial charge is 0.370 e. The highest BCUT2D eigenvalue weighted by atomic mass is 32.1. The highest BCUT2D eigenvalue weighted by molar-refractivity contribution is 7.15. The van der Waals surface area contributed by atoms with Crippen molar-refractivity contribution in [1.82, 2.24) is 10.2 Å². The predicted octanol–water partition coefficient (Wildman–Crippen LogP) is 0.844. The molecule has 0 unspecified atom stereocenters. The number of hydrogen-bond acceptors (Lipinski definition) is 5. The Morgan fingerprint density at radius 2 is 2.13 bits per heavy atom. The zero-order chi connectivity index (χ0) is 11.5. The number of amides is 1. The summed E-state index contributed by atoms with van der Waals surface area (Å²) in [6, 6.07) is 0. The molecule has 1 heterocycles. The lowest BCUT2D eigenvalue weighted by atomic mass is 10.4. The molecule has 3 N–H and O–H groups in total. The third-order valence-electron chi connectivity index (χ3n) is 1.32. The number of hydrogen-bond donors (Lipinski definition) is 2. The van der Waals surface area contributed by atoms with Crippen LogP contribution in [0.1, 0.15) is 11.4 Å². The third kappa shape index (κ3) is 3.70. The minimum absolute atomic E-state index is 0.0172. The first kappa shape index (κ1) is 11.7. The van der Waals surface area contributed by atoms with Gasteiger partial charge in [-0.2, -0.15) is 13.2 Å². The van der Waals surface area contributed by atoms with E-state index < -0.39 is 17.1 Å². The van der Waals surface area contributed by atoms with Gasteiger partial charge in [0.05, 0.1) is 0 Å². The van der Waals surface area contributed by atoms with E-state index in [-0.39, 0.29) is 18.1 Å². The molecule has 0 saturated carbocycles. The van der Waals surface area contributed by atoms with Gasteiger partial charge in [-0.3, -0.25) is 4.79 Å². The minimum Gasteiger partial charge on any atom is -0.370 e. The molecule has 0 aliphatic carbocycles. The van der Waals surface area contributed by atoms with E-state index in [4.69, 9.17) is 5.73 Å². The molecule has 15 heavy (non-hydrogen) atoms. The Hall–Kier alpha value is -1.38. The lowest BCUT2D eigenvalue weighted by Crippen LogP contribution is -2.15. The second kappa shape index (κ2) is 4.43. The Morgan fingerprint density at radius 1 is 1.47 bits per heavy atom. The van der Waals surface area contributed by atoms with Crippen LogP contribution >= 0.6 is 11.3 Å². The van der Waals surface area contributed by atoms with Crippen molar-refractivity contribution in [3.05, 3.63) is 5.01 Å². The molecule has 0 aliphatic rings. The average molecular weight is 240 g/mol. The highest BCUT2D eigenvalue weighted by Crippen LogP contribution is 2.32. The maximum absolute atomic E-state index is 12.1. The Balaban J connectivity index is 2.50. The van der Waals surface area contributed by atoms with Crippen LogP contribution in [0.3, 0.4) is 0 Å². The van der Waals surface area contributed by atoms with Gasteiger partial charge in [0, 0.05) is 13.0 Å². The van der Waals surface area contributed by atoms with Crippen molar-refractivity contribution in [3.63, 3.8) is 0 Å². The van der Waals surface area contributed by atoms with Gasteiger partial charge in [-0.05, 0) is 0 Å². The van der Waals surface area contributed by atoms with Gasteiger partial charge in [0.2, 0.25) is 16.0 Å². The second-order valence-corrected chi connectivity index (χ2v) is 3.53. The van der Waals surface area contributed by atoms with Gasteiger partial charge >= 0.3 is 6.18 Å². The van der Waals surface area contributed by atoms with Gasteiger partial charge < -0.3 is 11.1 Å². The van der Waals surface area contributed by atoms with Crippen LogP contribution < -0.4 is 11.1 Å². The molecule has 1 rings (SSSR count). The summed E-state index contributed by atoms with van der Waals surface area (Å²) in [4.78, 5) is 10.3. The van der Waals surface area contributed by atoms with E-state index in [2.05, 4.69) is 15.5 Å². The molecule has 1 aromatic rings. The maximum Gasteiger partial charge on any atom is 0.445 e. The Bertz CT molecular complexity index is 350. The van der Waals surface area contributed by atoms with E-state index in [0.29, 0.717) is 11.3 Å². The molecule has 5 nitrogen and oxygen atoms in total. The molecule has 0 radical (unpaired) electrons. The Kier molecular flexibility index (Phi) is 3.45. The van der Waals surface area contributed by atoms with Crippen molar-refractivity contribution in [2.45, 2.75) is 12.6 Å². The second-order valence-electron chi connectivity index (χ2n) is 2.55. The predicted molar refractivity (Wildman–Crippen MR) is 47.2 cm³/mol. The van der Waals surface area contributed by atoms with Crippen molar-refractivity contribution >= 4 is 22.4 Å². The molecule has 0 aromatic carbocycles. The molecule has 0 fully saturated rings. The molecule has 0 atom stereocenters. The summed E-state index contributed by atoms with van der Waals surface area (Å²) >= 11 is 0.381. The lowest BCUT2D eigenvalue weighted by Gasteiger charge is -1.99. The van der Waals surface area contributed by atoms with Crippen molar-refractivity contribution in [1.29, 1.82) is 0 Å².